The molecule has 3 aromatic carbocycles. The van der Waals surface area contributed by atoms with Crippen molar-refractivity contribution < 1.29 is 27.5 Å². The number of amides is 1. The van der Waals surface area contributed by atoms with Crippen molar-refractivity contribution in [1.29, 1.82) is 0 Å². The molecule has 8 nitrogen and oxygen atoms in total. The number of esters is 1. The second kappa shape index (κ2) is 10.8. The van der Waals surface area contributed by atoms with Crippen LogP contribution in [0.25, 0.3) is 0 Å². The molecule has 0 aromatic heterocycles. The summed E-state index contributed by atoms with van der Waals surface area (Å²) < 4.78 is 38.4. The van der Waals surface area contributed by atoms with Crippen molar-refractivity contribution in [2.45, 2.75) is 24.8 Å². The molecule has 3 aromatic rings. The molecule has 0 spiro atoms. The SMILES string of the molecule is CCN(C(=O)[C@H](C)OC(=O)c1ccc(S(=O)(=O)Nc2ccccc2OC)cc1)c1ccccc1. The van der Waals surface area contributed by atoms with E-state index in [1.54, 1.807) is 36.4 Å². The third-order valence-corrected chi connectivity index (χ3v) is 6.41. The van der Waals surface area contributed by atoms with Crippen LogP contribution >= 0.6 is 0 Å². The molecule has 0 bridgehead atoms. The van der Waals surface area contributed by atoms with Gasteiger partial charge in [-0.1, -0.05) is 30.3 Å². The maximum Gasteiger partial charge on any atom is 0.338 e. The smallest absolute Gasteiger partial charge is 0.338 e. The van der Waals surface area contributed by atoms with Crippen molar-refractivity contribution in [2.24, 2.45) is 0 Å². The zero-order valence-electron chi connectivity index (χ0n) is 19.1. The number of nitrogens with one attached hydrogen (secondary N) is 1. The van der Waals surface area contributed by atoms with E-state index >= 15 is 0 Å². The highest BCUT2D eigenvalue weighted by Gasteiger charge is 2.25. The lowest BCUT2D eigenvalue weighted by Crippen LogP contribution is -2.40. The number of ether oxygens (including phenoxy) is 2. The molecule has 0 radical (unpaired) electrons. The Labute approximate surface area is 199 Å². The largest absolute Gasteiger partial charge is 0.495 e. The first-order valence-electron chi connectivity index (χ1n) is 10.6. The zero-order valence-corrected chi connectivity index (χ0v) is 19.9. The van der Waals surface area contributed by atoms with Gasteiger partial charge in [0.1, 0.15) is 5.75 Å². The minimum absolute atomic E-state index is 0.0414. The minimum Gasteiger partial charge on any atom is -0.495 e. The van der Waals surface area contributed by atoms with Gasteiger partial charge in [0, 0.05) is 12.2 Å². The third-order valence-electron chi connectivity index (χ3n) is 5.03. The van der Waals surface area contributed by atoms with Crippen molar-refractivity contribution in [1.82, 2.24) is 0 Å². The summed E-state index contributed by atoms with van der Waals surface area (Å²) in [4.78, 5) is 26.9. The normalized spacial score (nSPS) is 11.9. The fourth-order valence-corrected chi connectivity index (χ4v) is 4.35. The second-order valence-corrected chi connectivity index (χ2v) is 8.98. The Morgan fingerprint density at radius 3 is 2.18 bits per heavy atom. The van der Waals surface area contributed by atoms with Gasteiger partial charge in [-0.3, -0.25) is 9.52 Å². The van der Waals surface area contributed by atoms with E-state index in [0.29, 0.717) is 23.7 Å². The Balaban J connectivity index is 1.69. The molecule has 1 amide bonds. The first-order chi connectivity index (χ1) is 16.3. The van der Waals surface area contributed by atoms with Gasteiger partial charge in [-0.25, -0.2) is 13.2 Å². The van der Waals surface area contributed by atoms with E-state index in [1.165, 1.54) is 43.2 Å². The minimum atomic E-state index is -3.91. The maximum atomic E-state index is 12.8. The second-order valence-electron chi connectivity index (χ2n) is 7.30. The number of anilines is 2. The van der Waals surface area contributed by atoms with E-state index in [1.807, 2.05) is 25.1 Å². The average molecular weight is 483 g/mol. The van der Waals surface area contributed by atoms with Gasteiger partial charge in [-0.2, -0.15) is 0 Å². The number of benzene rings is 3. The number of likely N-dealkylation sites (N-methyl/N-ethyl adjacent to an activating group) is 1. The first kappa shape index (κ1) is 24.8. The van der Waals surface area contributed by atoms with E-state index in [-0.39, 0.29) is 16.4 Å². The van der Waals surface area contributed by atoms with Crippen LogP contribution in [0.5, 0.6) is 5.75 Å². The third kappa shape index (κ3) is 5.74. The fourth-order valence-electron chi connectivity index (χ4n) is 3.27. The van der Waals surface area contributed by atoms with Crippen molar-refractivity contribution in [3.05, 3.63) is 84.4 Å². The molecule has 9 heteroatoms. The number of sulfonamides is 1. The fraction of sp³-hybridized carbons (Fsp3) is 0.200. The van der Waals surface area contributed by atoms with Crippen LogP contribution in [0.15, 0.2) is 83.8 Å². The summed E-state index contributed by atoms with van der Waals surface area (Å²) in [6, 6.07) is 21.0. The Morgan fingerprint density at radius 1 is 0.941 bits per heavy atom. The van der Waals surface area contributed by atoms with Crippen molar-refractivity contribution in [3.63, 3.8) is 0 Å². The summed E-state index contributed by atoms with van der Waals surface area (Å²) in [5, 5.41) is 0. The summed E-state index contributed by atoms with van der Waals surface area (Å²) in [6.45, 7) is 3.75. The highest BCUT2D eigenvalue weighted by atomic mass is 32.2. The van der Waals surface area contributed by atoms with Crippen LogP contribution in [-0.4, -0.2) is 40.1 Å². The molecular weight excluding hydrogens is 456 g/mol. The van der Waals surface area contributed by atoms with E-state index in [9.17, 15) is 18.0 Å². The summed E-state index contributed by atoms with van der Waals surface area (Å²) in [6.07, 6.45) is -1.02. The Morgan fingerprint density at radius 2 is 1.56 bits per heavy atom. The Bertz CT molecular complexity index is 1240. The molecular formula is C25H26N2O6S. The number of nitrogens with zero attached hydrogens (tertiary/aromatic N) is 1. The average Bonchev–Trinajstić information content (AvgIpc) is 2.85. The molecule has 0 aliphatic rings. The number of carbonyl (C=O) groups is 2. The van der Waals surface area contributed by atoms with Gasteiger partial charge in [-0.15, -0.1) is 0 Å². The number of rotatable bonds is 9. The predicted molar refractivity (Wildman–Crippen MR) is 130 cm³/mol. The summed E-state index contributed by atoms with van der Waals surface area (Å²) in [5.41, 5.74) is 1.12. The zero-order chi connectivity index (χ0) is 24.7. The van der Waals surface area contributed by atoms with Crippen molar-refractivity contribution >= 4 is 33.3 Å². The number of methoxy groups -OCH3 is 1. The van der Waals surface area contributed by atoms with Gasteiger partial charge < -0.3 is 14.4 Å². The summed E-state index contributed by atoms with van der Waals surface area (Å²) in [5.74, 6) is -0.713. The Hall–Kier alpha value is -3.85. The monoisotopic (exact) mass is 482 g/mol. The number of hydrogen-bond donors (Lipinski definition) is 1. The molecule has 0 heterocycles. The van der Waals surface area contributed by atoms with Gasteiger partial charge in [0.05, 0.1) is 23.3 Å². The van der Waals surface area contributed by atoms with Gasteiger partial charge in [-0.05, 0) is 62.4 Å². The highest BCUT2D eigenvalue weighted by Crippen LogP contribution is 2.26. The van der Waals surface area contributed by atoms with E-state index in [2.05, 4.69) is 4.72 Å². The van der Waals surface area contributed by atoms with E-state index < -0.39 is 22.1 Å². The lowest BCUT2D eigenvalue weighted by atomic mass is 10.2. The molecule has 0 aliphatic heterocycles. The Kier molecular flexibility index (Phi) is 7.91. The lowest BCUT2D eigenvalue weighted by Gasteiger charge is -2.24. The highest BCUT2D eigenvalue weighted by molar-refractivity contribution is 7.92. The predicted octanol–water partition coefficient (Wildman–Crippen LogP) is 4.09. The van der Waals surface area contributed by atoms with Gasteiger partial charge >= 0.3 is 5.97 Å². The summed E-state index contributed by atoms with van der Waals surface area (Å²) >= 11 is 0. The molecule has 0 aliphatic carbocycles. The first-order valence-corrected chi connectivity index (χ1v) is 12.1. The van der Waals surface area contributed by atoms with Gasteiger partial charge in [0.15, 0.2) is 6.10 Å². The van der Waals surface area contributed by atoms with Crippen LogP contribution in [0, 0.1) is 0 Å². The summed E-state index contributed by atoms with van der Waals surface area (Å²) in [7, 11) is -2.47. The maximum absolute atomic E-state index is 12.8. The number of hydrogen-bond acceptors (Lipinski definition) is 6. The van der Waals surface area contributed by atoms with Crippen LogP contribution in [-0.2, 0) is 19.6 Å². The molecule has 0 unspecified atom stereocenters. The van der Waals surface area contributed by atoms with Crippen molar-refractivity contribution in [2.75, 3.05) is 23.3 Å². The van der Waals surface area contributed by atoms with Gasteiger partial charge in [0.25, 0.3) is 15.9 Å². The standard InChI is InChI=1S/C25H26N2O6S/c1-4-27(20-10-6-5-7-11-20)24(28)18(2)33-25(29)19-14-16-21(17-15-19)34(30,31)26-22-12-8-9-13-23(22)32-3/h5-18,26H,4H2,1-3H3/t18-/m0/s1. The molecule has 178 valence electrons. The lowest BCUT2D eigenvalue weighted by molar-refractivity contribution is -0.126. The van der Waals surface area contributed by atoms with Crippen LogP contribution in [0.2, 0.25) is 0 Å². The van der Waals surface area contributed by atoms with Crippen molar-refractivity contribution in [3.8, 4) is 5.75 Å². The van der Waals surface area contributed by atoms with Crippen LogP contribution in [0.1, 0.15) is 24.2 Å². The van der Waals surface area contributed by atoms with Crippen LogP contribution < -0.4 is 14.4 Å². The molecule has 34 heavy (non-hydrogen) atoms. The molecule has 1 N–H and O–H groups in total. The van der Waals surface area contributed by atoms with Gasteiger partial charge in [0.2, 0.25) is 0 Å². The molecule has 3 rings (SSSR count). The van der Waals surface area contributed by atoms with Crippen LogP contribution in [0.4, 0.5) is 11.4 Å². The number of carbonyl (C=O) groups excluding carboxylic acids is 2. The van der Waals surface area contributed by atoms with E-state index in [0.717, 1.165) is 0 Å². The topological polar surface area (TPSA) is 102 Å². The quantitative estimate of drug-likeness (QED) is 0.461. The molecule has 1 atom stereocenters. The molecule has 0 saturated carbocycles. The van der Waals surface area contributed by atoms with Crippen LogP contribution in [0.3, 0.4) is 0 Å². The van der Waals surface area contributed by atoms with E-state index in [4.69, 9.17) is 9.47 Å². The molecule has 0 fully saturated rings. The number of para-hydroxylation sites is 3. The molecule has 0 saturated heterocycles.